The molecule has 2 N–H and O–H groups in total. The molecule has 0 aliphatic rings. The van der Waals surface area contributed by atoms with E-state index in [1.54, 1.807) is 19.9 Å². The number of esters is 1. The zero-order valence-corrected chi connectivity index (χ0v) is 13.8. The van der Waals surface area contributed by atoms with Crippen molar-refractivity contribution in [3.05, 3.63) is 17.0 Å². The molecule has 0 spiro atoms. The van der Waals surface area contributed by atoms with E-state index in [1.165, 1.54) is 13.2 Å². The number of carbonyl (C=O) groups excluding carboxylic acids is 1. The first-order valence-electron chi connectivity index (χ1n) is 5.68. The zero-order chi connectivity index (χ0) is 15.5. The molecule has 1 rings (SSSR count). The molecule has 0 radical (unpaired) electrons. The molecule has 20 heavy (non-hydrogen) atoms. The van der Waals surface area contributed by atoms with Crippen molar-refractivity contribution < 1.29 is 17.9 Å². The average molecular weight is 336 g/mol. The molecule has 0 amide bonds. The Labute approximate surface area is 127 Å². The topological polar surface area (TPSA) is 89.7 Å². The maximum Gasteiger partial charge on any atom is 0.321 e. The monoisotopic (exact) mass is 336 g/mol. The van der Waals surface area contributed by atoms with E-state index in [-0.39, 0.29) is 21.8 Å². The molecule has 0 bridgehead atoms. The van der Waals surface area contributed by atoms with Gasteiger partial charge in [-0.15, -0.1) is 11.3 Å². The van der Waals surface area contributed by atoms with Crippen molar-refractivity contribution in [1.29, 1.82) is 0 Å². The Balaban J connectivity index is 3.15. The Morgan fingerprint density at radius 1 is 1.50 bits per heavy atom. The lowest BCUT2D eigenvalue weighted by Gasteiger charge is -2.23. The number of thiocarbonyl (C=S) groups is 1. The number of rotatable bonds is 6. The molecule has 112 valence electrons. The zero-order valence-electron chi connectivity index (χ0n) is 11.3. The summed E-state index contributed by atoms with van der Waals surface area (Å²) >= 11 is 5.79. The van der Waals surface area contributed by atoms with Crippen molar-refractivity contribution in [2.45, 2.75) is 24.1 Å². The number of nitrogens with zero attached hydrogens (tertiary/aromatic N) is 1. The third-order valence-corrected chi connectivity index (χ3v) is 6.43. The molecule has 6 nitrogen and oxygen atoms in total. The van der Waals surface area contributed by atoms with Gasteiger partial charge in [0.1, 0.15) is 15.7 Å². The largest absolute Gasteiger partial charge is 0.468 e. The fourth-order valence-corrected chi connectivity index (χ4v) is 4.51. The molecule has 0 saturated heterocycles. The maximum atomic E-state index is 12.5. The molecule has 1 aromatic heterocycles. The summed E-state index contributed by atoms with van der Waals surface area (Å²) in [7, 11) is -2.57. The molecule has 0 aliphatic carbocycles. The number of carbonyl (C=O) groups is 1. The van der Waals surface area contributed by atoms with Crippen molar-refractivity contribution in [2.24, 2.45) is 5.73 Å². The highest BCUT2D eigenvalue weighted by molar-refractivity contribution is 7.91. The standard InChI is InChI=1S/C11H16N2O4S3/c1-7(2)13(6-9(14)17-3)20(15,16)10-5-4-8(19-10)11(12)18/h4-5,7H,6H2,1-3H3,(H2,12,18). The second kappa shape index (κ2) is 6.61. The third-order valence-electron chi connectivity index (χ3n) is 2.48. The van der Waals surface area contributed by atoms with E-state index in [2.05, 4.69) is 4.74 Å². The molecule has 0 fully saturated rings. The quantitative estimate of drug-likeness (QED) is 0.614. The van der Waals surface area contributed by atoms with Gasteiger partial charge in [-0.05, 0) is 26.0 Å². The summed E-state index contributed by atoms with van der Waals surface area (Å²) in [5.41, 5.74) is 5.47. The summed E-state index contributed by atoms with van der Waals surface area (Å²) in [6.07, 6.45) is 0. The van der Waals surface area contributed by atoms with E-state index in [4.69, 9.17) is 18.0 Å². The van der Waals surface area contributed by atoms with Crippen LogP contribution >= 0.6 is 23.6 Å². The summed E-state index contributed by atoms with van der Waals surface area (Å²) < 4.78 is 30.7. The number of hydrogen-bond acceptors (Lipinski definition) is 6. The van der Waals surface area contributed by atoms with Crippen LogP contribution in [0.2, 0.25) is 0 Å². The summed E-state index contributed by atoms with van der Waals surface area (Å²) in [6, 6.07) is 2.60. The Kier molecular flexibility index (Phi) is 5.63. The minimum Gasteiger partial charge on any atom is -0.468 e. The highest BCUT2D eigenvalue weighted by Crippen LogP contribution is 2.26. The molecular formula is C11H16N2O4S3. The first-order valence-corrected chi connectivity index (χ1v) is 8.35. The van der Waals surface area contributed by atoms with Crippen LogP contribution < -0.4 is 5.73 Å². The smallest absolute Gasteiger partial charge is 0.321 e. The number of sulfonamides is 1. The van der Waals surface area contributed by atoms with Crippen LogP contribution in [0.4, 0.5) is 0 Å². The summed E-state index contributed by atoms with van der Waals surface area (Å²) in [4.78, 5) is 12.0. The number of ether oxygens (including phenoxy) is 1. The molecule has 0 aromatic carbocycles. The highest BCUT2D eigenvalue weighted by atomic mass is 32.2. The predicted molar refractivity (Wildman–Crippen MR) is 81.3 cm³/mol. The van der Waals surface area contributed by atoms with Crippen molar-refractivity contribution >= 4 is 44.5 Å². The Bertz CT molecular complexity index is 607. The minimum absolute atomic E-state index is 0.0953. The van der Waals surface area contributed by atoms with Crippen LogP contribution in [0, 0.1) is 0 Å². The summed E-state index contributed by atoms with van der Waals surface area (Å²) in [5, 5.41) is 0. The molecule has 1 aromatic rings. The van der Waals surface area contributed by atoms with Gasteiger partial charge in [0, 0.05) is 6.04 Å². The van der Waals surface area contributed by atoms with E-state index in [0.717, 1.165) is 15.6 Å². The van der Waals surface area contributed by atoms with E-state index < -0.39 is 16.0 Å². The molecule has 0 aliphatic heterocycles. The fourth-order valence-electron chi connectivity index (χ4n) is 1.44. The number of nitrogens with two attached hydrogens (primary N) is 1. The number of thiophene rings is 1. The van der Waals surface area contributed by atoms with Crippen LogP contribution in [-0.4, -0.2) is 43.4 Å². The van der Waals surface area contributed by atoms with Gasteiger partial charge < -0.3 is 10.5 Å². The van der Waals surface area contributed by atoms with E-state index >= 15 is 0 Å². The third kappa shape index (κ3) is 3.75. The predicted octanol–water partition coefficient (Wildman–Crippen LogP) is 0.954. The Hall–Kier alpha value is -1.03. The lowest BCUT2D eigenvalue weighted by molar-refractivity contribution is -0.141. The van der Waals surface area contributed by atoms with Crippen LogP contribution in [0.25, 0.3) is 0 Å². The van der Waals surface area contributed by atoms with Gasteiger partial charge in [0.25, 0.3) is 10.0 Å². The van der Waals surface area contributed by atoms with Gasteiger partial charge in [0.2, 0.25) is 0 Å². The van der Waals surface area contributed by atoms with E-state index in [9.17, 15) is 13.2 Å². The number of methoxy groups -OCH3 is 1. The van der Waals surface area contributed by atoms with Crippen molar-refractivity contribution in [3.8, 4) is 0 Å². The van der Waals surface area contributed by atoms with Gasteiger partial charge >= 0.3 is 5.97 Å². The second-order valence-electron chi connectivity index (χ2n) is 4.20. The van der Waals surface area contributed by atoms with Crippen molar-refractivity contribution in [3.63, 3.8) is 0 Å². The van der Waals surface area contributed by atoms with Crippen LogP contribution in [0.3, 0.4) is 0 Å². The molecule has 0 unspecified atom stereocenters. The molecular weight excluding hydrogens is 320 g/mol. The van der Waals surface area contributed by atoms with Crippen LogP contribution in [-0.2, 0) is 19.6 Å². The highest BCUT2D eigenvalue weighted by Gasteiger charge is 2.30. The van der Waals surface area contributed by atoms with Crippen LogP contribution in [0.15, 0.2) is 16.3 Å². The van der Waals surface area contributed by atoms with Crippen LogP contribution in [0.5, 0.6) is 0 Å². The van der Waals surface area contributed by atoms with E-state index in [0.29, 0.717) is 4.88 Å². The van der Waals surface area contributed by atoms with Crippen molar-refractivity contribution in [1.82, 2.24) is 4.31 Å². The number of hydrogen-bond donors (Lipinski definition) is 1. The lowest BCUT2D eigenvalue weighted by atomic mass is 10.4. The minimum atomic E-state index is -3.78. The SMILES string of the molecule is COC(=O)CN(C(C)C)S(=O)(=O)c1ccc(C(N)=S)s1. The van der Waals surface area contributed by atoms with Gasteiger partial charge in [-0.1, -0.05) is 12.2 Å². The van der Waals surface area contributed by atoms with Gasteiger partial charge in [-0.25, -0.2) is 8.42 Å². The average Bonchev–Trinajstić information content (AvgIpc) is 2.85. The van der Waals surface area contributed by atoms with Crippen molar-refractivity contribution in [2.75, 3.05) is 13.7 Å². The second-order valence-corrected chi connectivity index (χ2v) is 7.84. The normalized spacial score (nSPS) is 11.8. The maximum absolute atomic E-state index is 12.5. The lowest BCUT2D eigenvalue weighted by Crippen LogP contribution is -2.40. The van der Waals surface area contributed by atoms with Crippen LogP contribution in [0.1, 0.15) is 18.7 Å². The Morgan fingerprint density at radius 2 is 2.10 bits per heavy atom. The Morgan fingerprint density at radius 3 is 2.50 bits per heavy atom. The molecule has 0 saturated carbocycles. The van der Waals surface area contributed by atoms with Gasteiger partial charge in [0.05, 0.1) is 12.0 Å². The first kappa shape index (κ1) is 17.0. The fraction of sp³-hybridized carbons (Fsp3) is 0.455. The molecule has 9 heteroatoms. The van der Waals surface area contributed by atoms with Gasteiger partial charge in [-0.3, -0.25) is 4.79 Å². The van der Waals surface area contributed by atoms with E-state index in [1.807, 2.05) is 0 Å². The molecule has 1 heterocycles. The summed E-state index contributed by atoms with van der Waals surface area (Å²) in [5.74, 6) is -0.617. The van der Waals surface area contributed by atoms with Gasteiger partial charge in [0.15, 0.2) is 0 Å². The first-order chi connectivity index (χ1) is 9.20. The summed E-state index contributed by atoms with van der Waals surface area (Å²) in [6.45, 7) is 3.03. The molecule has 0 atom stereocenters. The van der Waals surface area contributed by atoms with Gasteiger partial charge in [-0.2, -0.15) is 4.31 Å².